The van der Waals surface area contributed by atoms with Gasteiger partial charge in [-0.25, -0.2) is 4.79 Å². The normalized spacial score (nSPS) is 18.1. The minimum Gasteiger partial charge on any atom is -0.493 e. The molecule has 4 rings (SSSR count). The van der Waals surface area contributed by atoms with Gasteiger partial charge in [0.15, 0.2) is 0 Å². The number of para-hydroxylation sites is 1. The number of nitrogens with zero attached hydrogens (tertiary/aromatic N) is 1. The summed E-state index contributed by atoms with van der Waals surface area (Å²) in [4.78, 5) is 14.2. The van der Waals surface area contributed by atoms with Gasteiger partial charge in [0.05, 0.1) is 6.61 Å². The van der Waals surface area contributed by atoms with E-state index in [1.807, 2.05) is 41.3 Å². The highest BCUT2D eigenvalue weighted by molar-refractivity contribution is 5.67. The topological polar surface area (TPSA) is 38.8 Å². The fraction of sp³-hybridized carbons (Fsp3) is 0.464. The fourth-order valence-electron chi connectivity index (χ4n) is 4.64. The molecule has 0 spiro atoms. The first-order valence-electron chi connectivity index (χ1n) is 12.1. The minimum absolute atomic E-state index is 0.210. The molecule has 2 aromatic rings. The van der Waals surface area contributed by atoms with E-state index >= 15 is 0 Å². The first-order valence-corrected chi connectivity index (χ1v) is 12.1. The van der Waals surface area contributed by atoms with Crippen molar-refractivity contribution in [2.45, 2.75) is 51.6 Å². The summed E-state index contributed by atoms with van der Waals surface area (Å²) < 4.78 is 11.7. The number of hydrogen-bond donors (Lipinski definition) is 0. The van der Waals surface area contributed by atoms with Crippen LogP contribution in [-0.4, -0.2) is 30.7 Å². The summed E-state index contributed by atoms with van der Waals surface area (Å²) in [5, 5.41) is 0. The zero-order chi connectivity index (χ0) is 22.0. The Hall–Kier alpha value is -2.75. The number of carbonyl (C=O) groups excluding carboxylic acids is 1. The number of amides is 1. The van der Waals surface area contributed by atoms with Crippen LogP contribution in [0.5, 0.6) is 5.75 Å². The molecule has 1 saturated carbocycles. The lowest BCUT2D eigenvalue weighted by Gasteiger charge is -2.30. The summed E-state index contributed by atoms with van der Waals surface area (Å²) in [6.07, 6.45) is 12.8. The maximum absolute atomic E-state index is 12.4. The zero-order valence-electron chi connectivity index (χ0n) is 19.0. The highest BCUT2D eigenvalue weighted by Crippen LogP contribution is 2.27. The lowest BCUT2D eigenvalue weighted by molar-refractivity contribution is 0.0855. The number of allylic oxidation sites excluding steroid dienone is 1. The van der Waals surface area contributed by atoms with Gasteiger partial charge in [0, 0.05) is 18.7 Å². The van der Waals surface area contributed by atoms with Crippen LogP contribution in [0.1, 0.15) is 56.1 Å². The average Bonchev–Trinajstić information content (AvgIpc) is 2.87. The molecule has 1 aliphatic heterocycles. The van der Waals surface area contributed by atoms with Gasteiger partial charge >= 0.3 is 6.09 Å². The van der Waals surface area contributed by atoms with Crippen molar-refractivity contribution in [3.8, 4) is 5.75 Å². The van der Waals surface area contributed by atoms with Crippen LogP contribution in [0, 0.1) is 11.8 Å². The second-order valence-corrected chi connectivity index (χ2v) is 9.08. The Morgan fingerprint density at radius 2 is 1.62 bits per heavy atom. The van der Waals surface area contributed by atoms with Crippen LogP contribution in [-0.2, 0) is 11.3 Å². The molecule has 2 aliphatic rings. The Labute approximate surface area is 192 Å². The molecule has 0 bridgehead atoms. The van der Waals surface area contributed by atoms with E-state index in [2.05, 4.69) is 30.4 Å². The molecule has 1 aliphatic carbocycles. The van der Waals surface area contributed by atoms with E-state index in [1.54, 1.807) is 0 Å². The van der Waals surface area contributed by atoms with E-state index in [1.165, 1.54) is 32.1 Å². The molecule has 0 radical (unpaired) electrons. The number of likely N-dealkylation sites (tertiary alicyclic amines) is 1. The SMILES string of the molecule is O=C(OCc1ccccc1)N1CCC(C=Cc2ccccc2OCC2CCCCC2)CC1. The van der Waals surface area contributed by atoms with Crippen LogP contribution in [0.15, 0.2) is 60.7 Å². The van der Waals surface area contributed by atoms with Gasteiger partial charge in [-0.05, 0) is 49.1 Å². The summed E-state index contributed by atoms with van der Waals surface area (Å²) in [5.41, 5.74) is 2.16. The van der Waals surface area contributed by atoms with Crippen molar-refractivity contribution in [2.75, 3.05) is 19.7 Å². The van der Waals surface area contributed by atoms with Crippen molar-refractivity contribution in [3.05, 3.63) is 71.8 Å². The molecule has 1 amide bonds. The van der Waals surface area contributed by atoms with Crippen LogP contribution < -0.4 is 4.74 Å². The van der Waals surface area contributed by atoms with Gasteiger partial charge in [-0.3, -0.25) is 0 Å². The average molecular weight is 434 g/mol. The number of carbonyl (C=O) groups is 1. The van der Waals surface area contributed by atoms with Gasteiger partial charge in [-0.15, -0.1) is 0 Å². The molecule has 2 aromatic carbocycles. The maximum atomic E-state index is 12.4. The monoisotopic (exact) mass is 433 g/mol. The van der Waals surface area contributed by atoms with Crippen LogP contribution in [0.4, 0.5) is 4.79 Å². The highest BCUT2D eigenvalue weighted by atomic mass is 16.6. The largest absolute Gasteiger partial charge is 0.493 e. The van der Waals surface area contributed by atoms with E-state index in [9.17, 15) is 4.79 Å². The van der Waals surface area contributed by atoms with Crippen LogP contribution in [0.2, 0.25) is 0 Å². The van der Waals surface area contributed by atoms with Gasteiger partial charge < -0.3 is 14.4 Å². The Balaban J connectivity index is 1.23. The molecule has 2 fully saturated rings. The van der Waals surface area contributed by atoms with Gasteiger partial charge in [0.25, 0.3) is 0 Å². The Morgan fingerprint density at radius 3 is 2.41 bits per heavy atom. The van der Waals surface area contributed by atoms with E-state index in [4.69, 9.17) is 9.47 Å². The highest BCUT2D eigenvalue weighted by Gasteiger charge is 2.22. The Kier molecular flexibility index (Phi) is 8.24. The van der Waals surface area contributed by atoms with Crippen molar-refractivity contribution >= 4 is 12.2 Å². The molecular formula is C28H35NO3. The maximum Gasteiger partial charge on any atom is 0.410 e. The number of piperidine rings is 1. The molecule has 1 saturated heterocycles. The summed E-state index contributed by atoms with van der Waals surface area (Å²) in [6, 6.07) is 18.1. The van der Waals surface area contributed by atoms with Gasteiger partial charge in [-0.2, -0.15) is 0 Å². The van der Waals surface area contributed by atoms with Gasteiger partial charge in [0.1, 0.15) is 12.4 Å². The molecule has 170 valence electrons. The van der Waals surface area contributed by atoms with E-state index in [0.29, 0.717) is 18.4 Å². The van der Waals surface area contributed by atoms with E-state index in [-0.39, 0.29) is 6.09 Å². The van der Waals surface area contributed by atoms with E-state index < -0.39 is 0 Å². The Morgan fingerprint density at radius 1 is 0.906 bits per heavy atom. The third-order valence-electron chi connectivity index (χ3n) is 6.67. The van der Waals surface area contributed by atoms with Crippen LogP contribution in [0.3, 0.4) is 0 Å². The summed E-state index contributed by atoms with van der Waals surface area (Å²) >= 11 is 0. The van der Waals surface area contributed by atoms with Crippen molar-refractivity contribution in [2.24, 2.45) is 11.8 Å². The molecule has 0 atom stereocenters. The van der Waals surface area contributed by atoms with Crippen molar-refractivity contribution in [1.82, 2.24) is 4.90 Å². The molecule has 0 N–H and O–H groups in total. The van der Waals surface area contributed by atoms with Crippen LogP contribution >= 0.6 is 0 Å². The van der Waals surface area contributed by atoms with E-state index in [0.717, 1.165) is 49.4 Å². The number of rotatable bonds is 7. The predicted molar refractivity (Wildman–Crippen MR) is 128 cm³/mol. The smallest absolute Gasteiger partial charge is 0.410 e. The number of ether oxygens (including phenoxy) is 2. The lowest BCUT2D eigenvalue weighted by atomic mass is 9.90. The van der Waals surface area contributed by atoms with Gasteiger partial charge in [-0.1, -0.05) is 79.9 Å². The molecule has 32 heavy (non-hydrogen) atoms. The first kappa shape index (κ1) is 22.4. The standard InChI is InChI=1S/C28H35NO3/c30-28(32-22-25-11-5-2-6-12-25)29-19-17-23(18-20-29)15-16-26-13-7-8-14-27(26)31-21-24-9-3-1-4-10-24/h2,5-8,11-16,23-24H,1,3-4,9-10,17-22H2. The zero-order valence-corrected chi connectivity index (χ0v) is 19.0. The number of hydrogen-bond acceptors (Lipinski definition) is 3. The predicted octanol–water partition coefficient (Wildman–Crippen LogP) is 6.71. The number of benzene rings is 2. The summed E-state index contributed by atoms with van der Waals surface area (Å²) in [5.74, 6) is 2.16. The fourth-order valence-corrected chi connectivity index (χ4v) is 4.64. The van der Waals surface area contributed by atoms with Crippen molar-refractivity contribution in [1.29, 1.82) is 0 Å². The summed E-state index contributed by atoms with van der Waals surface area (Å²) in [6.45, 7) is 2.64. The third-order valence-corrected chi connectivity index (χ3v) is 6.67. The Bertz CT molecular complexity index is 865. The first-order chi connectivity index (χ1) is 15.8. The summed E-state index contributed by atoms with van der Waals surface area (Å²) in [7, 11) is 0. The molecule has 4 nitrogen and oxygen atoms in total. The second kappa shape index (κ2) is 11.8. The van der Waals surface area contributed by atoms with Crippen molar-refractivity contribution < 1.29 is 14.3 Å². The molecule has 0 aromatic heterocycles. The second-order valence-electron chi connectivity index (χ2n) is 9.08. The lowest BCUT2D eigenvalue weighted by Crippen LogP contribution is -2.38. The van der Waals surface area contributed by atoms with Crippen molar-refractivity contribution in [3.63, 3.8) is 0 Å². The quantitative estimate of drug-likeness (QED) is 0.487. The minimum atomic E-state index is -0.210. The molecule has 0 unspecified atom stereocenters. The molecule has 4 heteroatoms. The molecular weight excluding hydrogens is 398 g/mol. The van der Waals surface area contributed by atoms with Crippen LogP contribution in [0.25, 0.3) is 6.08 Å². The molecule has 1 heterocycles. The van der Waals surface area contributed by atoms with Gasteiger partial charge in [0.2, 0.25) is 0 Å². The third kappa shape index (κ3) is 6.62.